The molecule has 2 aromatic heterocycles. The minimum absolute atomic E-state index is 0.391. The van der Waals surface area contributed by atoms with Gasteiger partial charge >= 0.3 is 0 Å². The maximum absolute atomic E-state index is 4.88. The number of aryl methyl sites for hydroxylation is 1. The van der Waals surface area contributed by atoms with Crippen LogP contribution in [0.1, 0.15) is 63.7 Å². The minimum Gasteiger partial charge on any atom is -0.245 e. The average molecular weight is 430 g/mol. The van der Waals surface area contributed by atoms with Crippen LogP contribution in [0.3, 0.4) is 0 Å². The lowest BCUT2D eigenvalue weighted by Crippen LogP contribution is -2.09. The van der Waals surface area contributed by atoms with Gasteiger partial charge in [0.05, 0.1) is 6.54 Å². The van der Waals surface area contributed by atoms with Gasteiger partial charge in [-0.1, -0.05) is 70.2 Å². The summed E-state index contributed by atoms with van der Waals surface area (Å²) in [6.45, 7) is 9.65. The van der Waals surface area contributed by atoms with E-state index in [2.05, 4.69) is 89.4 Å². The lowest BCUT2D eigenvalue weighted by Gasteiger charge is -2.11. The molecule has 0 radical (unpaired) electrons. The van der Waals surface area contributed by atoms with Gasteiger partial charge in [0.2, 0.25) is 5.82 Å². The van der Waals surface area contributed by atoms with E-state index < -0.39 is 0 Å². The molecule has 0 fully saturated rings. The maximum Gasteiger partial charge on any atom is 0.204 e. The Morgan fingerprint density at radius 2 is 1.75 bits per heavy atom. The molecule has 0 spiro atoms. The molecule has 0 saturated carbocycles. The van der Waals surface area contributed by atoms with Crippen molar-refractivity contribution in [1.82, 2.24) is 35.4 Å². The third-order valence-electron chi connectivity index (χ3n) is 5.83. The number of aromatic nitrogens is 7. The second kappa shape index (κ2) is 9.85. The van der Waals surface area contributed by atoms with Crippen LogP contribution in [0.5, 0.6) is 0 Å². The fourth-order valence-corrected chi connectivity index (χ4v) is 3.69. The van der Waals surface area contributed by atoms with Crippen molar-refractivity contribution in [2.45, 2.75) is 59.4 Å². The number of nitrogens with one attached hydrogen (secondary N) is 1. The number of hydrogen-bond acceptors (Lipinski definition) is 5. The molecule has 0 bridgehead atoms. The molecule has 2 heterocycles. The molecular formula is C25H31N7. The standard InChI is InChI=1S/C25H31N7/c1-5-18(4)25-26-23(14-9-17(2)3)29-32(25)16-19-10-12-20(13-11-19)21-7-6-8-22(15-21)24-27-30-31-28-24/h6-8,10-13,15,17-18H,5,9,14,16H2,1-4H3,(H,27,28,30,31). The predicted molar refractivity (Wildman–Crippen MR) is 126 cm³/mol. The van der Waals surface area contributed by atoms with Gasteiger partial charge in [0, 0.05) is 17.9 Å². The third kappa shape index (κ3) is 5.10. The molecule has 166 valence electrons. The van der Waals surface area contributed by atoms with Crippen LogP contribution >= 0.6 is 0 Å². The molecule has 0 aliphatic carbocycles. The van der Waals surface area contributed by atoms with Gasteiger partial charge in [-0.15, -0.1) is 10.2 Å². The van der Waals surface area contributed by atoms with Crippen molar-refractivity contribution in [2.75, 3.05) is 0 Å². The summed E-state index contributed by atoms with van der Waals surface area (Å²) in [5, 5.41) is 19.2. The maximum atomic E-state index is 4.88. The van der Waals surface area contributed by atoms with E-state index in [0.717, 1.165) is 54.1 Å². The van der Waals surface area contributed by atoms with Crippen molar-refractivity contribution in [3.63, 3.8) is 0 Å². The minimum atomic E-state index is 0.391. The van der Waals surface area contributed by atoms with E-state index >= 15 is 0 Å². The van der Waals surface area contributed by atoms with E-state index in [-0.39, 0.29) is 0 Å². The van der Waals surface area contributed by atoms with Crippen molar-refractivity contribution in [1.29, 1.82) is 0 Å². The van der Waals surface area contributed by atoms with Gasteiger partial charge in [0.15, 0.2) is 5.82 Å². The Balaban J connectivity index is 1.53. The summed E-state index contributed by atoms with van der Waals surface area (Å²) < 4.78 is 2.09. The topological polar surface area (TPSA) is 85.2 Å². The molecular weight excluding hydrogens is 398 g/mol. The van der Waals surface area contributed by atoms with Gasteiger partial charge in [-0.25, -0.2) is 9.67 Å². The van der Waals surface area contributed by atoms with E-state index in [1.807, 2.05) is 12.1 Å². The van der Waals surface area contributed by atoms with E-state index in [9.17, 15) is 0 Å². The first-order valence-corrected chi connectivity index (χ1v) is 11.4. The quantitative estimate of drug-likeness (QED) is 0.391. The zero-order valence-corrected chi connectivity index (χ0v) is 19.3. The second-order valence-electron chi connectivity index (χ2n) is 8.80. The number of aromatic amines is 1. The summed E-state index contributed by atoms with van der Waals surface area (Å²) in [7, 11) is 0. The summed E-state index contributed by atoms with van der Waals surface area (Å²) in [6, 6.07) is 16.8. The van der Waals surface area contributed by atoms with Crippen molar-refractivity contribution in [2.24, 2.45) is 5.92 Å². The first-order valence-electron chi connectivity index (χ1n) is 11.4. The Morgan fingerprint density at radius 3 is 2.44 bits per heavy atom. The first kappa shape index (κ1) is 21.9. The van der Waals surface area contributed by atoms with Crippen LogP contribution < -0.4 is 0 Å². The highest BCUT2D eigenvalue weighted by molar-refractivity contribution is 5.70. The molecule has 1 unspecified atom stereocenters. The van der Waals surface area contributed by atoms with Crippen LogP contribution in [0.2, 0.25) is 0 Å². The zero-order chi connectivity index (χ0) is 22.5. The number of H-pyrrole nitrogens is 1. The Morgan fingerprint density at radius 1 is 0.969 bits per heavy atom. The van der Waals surface area contributed by atoms with Crippen molar-refractivity contribution >= 4 is 0 Å². The van der Waals surface area contributed by atoms with Crippen molar-refractivity contribution in [3.8, 4) is 22.5 Å². The molecule has 4 aromatic rings. The molecule has 1 atom stereocenters. The second-order valence-corrected chi connectivity index (χ2v) is 8.80. The predicted octanol–water partition coefficient (Wildman–Crippen LogP) is 5.28. The van der Waals surface area contributed by atoms with E-state index in [0.29, 0.717) is 17.7 Å². The summed E-state index contributed by atoms with van der Waals surface area (Å²) in [5.41, 5.74) is 4.43. The first-order chi connectivity index (χ1) is 15.5. The Hall–Kier alpha value is -3.35. The molecule has 0 saturated heterocycles. The number of tetrazole rings is 1. The highest BCUT2D eigenvalue weighted by atomic mass is 15.5. The smallest absolute Gasteiger partial charge is 0.204 e. The van der Waals surface area contributed by atoms with Gasteiger partial charge in [0.1, 0.15) is 5.82 Å². The molecule has 32 heavy (non-hydrogen) atoms. The van der Waals surface area contributed by atoms with Gasteiger partial charge in [0.25, 0.3) is 0 Å². The van der Waals surface area contributed by atoms with Crippen LogP contribution in [0.15, 0.2) is 48.5 Å². The lowest BCUT2D eigenvalue weighted by atomic mass is 10.0. The lowest BCUT2D eigenvalue weighted by molar-refractivity contribution is 0.561. The van der Waals surface area contributed by atoms with Gasteiger partial charge in [-0.2, -0.15) is 10.3 Å². The zero-order valence-electron chi connectivity index (χ0n) is 19.3. The Kier molecular flexibility index (Phi) is 6.73. The Labute approximate surface area is 189 Å². The highest BCUT2D eigenvalue weighted by Crippen LogP contribution is 2.25. The molecule has 1 N–H and O–H groups in total. The largest absolute Gasteiger partial charge is 0.245 e. The molecule has 0 aliphatic heterocycles. The summed E-state index contributed by atoms with van der Waals surface area (Å²) in [4.78, 5) is 4.88. The number of nitrogens with zero attached hydrogens (tertiary/aromatic N) is 6. The molecule has 7 nitrogen and oxygen atoms in total. The summed E-state index contributed by atoms with van der Waals surface area (Å²) in [6.07, 6.45) is 3.10. The summed E-state index contributed by atoms with van der Waals surface area (Å²) >= 11 is 0. The fourth-order valence-electron chi connectivity index (χ4n) is 3.69. The van der Waals surface area contributed by atoms with Crippen LogP contribution in [-0.2, 0) is 13.0 Å². The van der Waals surface area contributed by atoms with Gasteiger partial charge < -0.3 is 0 Å². The van der Waals surface area contributed by atoms with Crippen LogP contribution in [0.4, 0.5) is 0 Å². The monoisotopic (exact) mass is 429 g/mol. The van der Waals surface area contributed by atoms with Crippen molar-refractivity contribution in [3.05, 3.63) is 65.7 Å². The third-order valence-corrected chi connectivity index (χ3v) is 5.83. The fraction of sp³-hybridized carbons (Fsp3) is 0.400. The molecule has 0 aliphatic rings. The normalized spacial score (nSPS) is 12.4. The average Bonchev–Trinajstić information content (AvgIpc) is 3.48. The van der Waals surface area contributed by atoms with E-state index in [1.54, 1.807) is 0 Å². The number of rotatable bonds is 9. The van der Waals surface area contributed by atoms with Crippen LogP contribution in [0, 0.1) is 5.92 Å². The van der Waals surface area contributed by atoms with E-state index in [1.165, 1.54) is 5.56 Å². The molecule has 0 amide bonds. The van der Waals surface area contributed by atoms with E-state index in [4.69, 9.17) is 10.1 Å². The number of hydrogen-bond donors (Lipinski definition) is 1. The number of benzene rings is 2. The summed E-state index contributed by atoms with van der Waals surface area (Å²) in [5.74, 6) is 3.69. The van der Waals surface area contributed by atoms with Crippen molar-refractivity contribution < 1.29 is 0 Å². The SMILES string of the molecule is CCC(C)c1nc(CCC(C)C)nn1Cc1ccc(-c2cccc(-c3nn[nH]n3)c2)cc1. The highest BCUT2D eigenvalue weighted by Gasteiger charge is 2.16. The van der Waals surface area contributed by atoms with Gasteiger partial charge in [-0.3, -0.25) is 0 Å². The van der Waals surface area contributed by atoms with Crippen LogP contribution in [-0.4, -0.2) is 35.4 Å². The van der Waals surface area contributed by atoms with Gasteiger partial charge in [-0.05, 0) is 46.7 Å². The molecule has 7 heteroatoms. The van der Waals surface area contributed by atoms with Crippen LogP contribution in [0.25, 0.3) is 22.5 Å². The Bertz CT molecular complexity index is 1130. The molecule has 2 aromatic carbocycles. The molecule has 4 rings (SSSR count).